The Bertz CT molecular complexity index is 568. The van der Waals surface area contributed by atoms with Gasteiger partial charge in [-0.2, -0.15) is 0 Å². The van der Waals surface area contributed by atoms with Crippen LogP contribution in [0, 0.1) is 11.8 Å². The van der Waals surface area contributed by atoms with Gasteiger partial charge in [0.05, 0.1) is 6.42 Å². The van der Waals surface area contributed by atoms with Crippen LogP contribution in [0.15, 0.2) is 18.2 Å². The van der Waals surface area contributed by atoms with E-state index in [0.29, 0.717) is 23.8 Å². The highest BCUT2D eigenvalue weighted by Gasteiger charge is 2.27. The van der Waals surface area contributed by atoms with E-state index in [1.807, 2.05) is 23.1 Å². The van der Waals surface area contributed by atoms with E-state index in [9.17, 15) is 9.59 Å². The molecule has 2 heterocycles. The molecule has 0 radical (unpaired) electrons. The predicted molar refractivity (Wildman–Crippen MR) is 77.6 cm³/mol. The van der Waals surface area contributed by atoms with Gasteiger partial charge in [0.15, 0.2) is 0 Å². The van der Waals surface area contributed by atoms with Gasteiger partial charge >= 0.3 is 0 Å². The van der Waals surface area contributed by atoms with Crippen molar-refractivity contribution in [1.29, 1.82) is 0 Å². The first kappa shape index (κ1) is 13.2. The third kappa shape index (κ3) is 2.30. The fourth-order valence-corrected chi connectivity index (χ4v) is 2.99. The molecule has 4 nitrogen and oxygen atoms in total. The maximum atomic E-state index is 12.6. The Morgan fingerprint density at radius 1 is 1.30 bits per heavy atom. The Kier molecular flexibility index (Phi) is 3.24. The molecule has 2 atom stereocenters. The molecule has 20 heavy (non-hydrogen) atoms. The number of rotatable bonds is 1. The summed E-state index contributed by atoms with van der Waals surface area (Å²) >= 11 is 0. The van der Waals surface area contributed by atoms with Crippen LogP contribution in [-0.2, 0) is 11.2 Å². The molecule has 2 unspecified atom stereocenters. The van der Waals surface area contributed by atoms with E-state index in [0.717, 1.165) is 30.8 Å². The number of likely N-dealkylation sites (tertiary alicyclic amines) is 1. The van der Waals surface area contributed by atoms with Crippen molar-refractivity contribution in [2.45, 2.75) is 26.7 Å². The van der Waals surface area contributed by atoms with Gasteiger partial charge in [-0.05, 0) is 42.0 Å². The molecule has 1 saturated heterocycles. The highest BCUT2D eigenvalue weighted by Crippen LogP contribution is 2.27. The van der Waals surface area contributed by atoms with E-state index in [2.05, 4.69) is 19.2 Å². The second kappa shape index (κ2) is 4.93. The summed E-state index contributed by atoms with van der Waals surface area (Å²) in [6.45, 7) is 6.11. The molecule has 3 rings (SSSR count). The van der Waals surface area contributed by atoms with E-state index in [4.69, 9.17) is 0 Å². The standard InChI is InChI=1S/C16H20N2O2/c1-10-5-6-18(9-11(10)2)16(20)12-3-4-14-13(7-12)8-15(19)17-14/h3-4,7,10-11H,5-6,8-9H2,1-2H3,(H,17,19). The van der Waals surface area contributed by atoms with Crippen LogP contribution in [0.1, 0.15) is 36.2 Å². The Labute approximate surface area is 119 Å². The van der Waals surface area contributed by atoms with Crippen molar-refractivity contribution in [2.75, 3.05) is 18.4 Å². The molecule has 2 aliphatic rings. The quantitative estimate of drug-likeness (QED) is 0.852. The van der Waals surface area contributed by atoms with Gasteiger partial charge in [-0.3, -0.25) is 9.59 Å². The van der Waals surface area contributed by atoms with E-state index < -0.39 is 0 Å². The number of benzene rings is 1. The van der Waals surface area contributed by atoms with E-state index in [1.165, 1.54) is 0 Å². The Morgan fingerprint density at radius 3 is 2.85 bits per heavy atom. The van der Waals surface area contributed by atoms with Gasteiger partial charge in [0.25, 0.3) is 5.91 Å². The van der Waals surface area contributed by atoms with Crippen LogP contribution in [0.5, 0.6) is 0 Å². The number of piperidine rings is 1. The molecule has 1 fully saturated rings. The molecule has 2 amide bonds. The third-order valence-electron chi connectivity index (χ3n) is 4.60. The molecule has 4 heteroatoms. The second-order valence-corrected chi connectivity index (χ2v) is 6.09. The fourth-order valence-electron chi connectivity index (χ4n) is 2.99. The molecule has 1 aromatic rings. The SMILES string of the molecule is CC1CCN(C(=O)c2ccc3c(c2)CC(=O)N3)CC1C. The maximum Gasteiger partial charge on any atom is 0.253 e. The highest BCUT2D eigenvalue weighted by molar-refractivity contribution is 6.01. The molecule has 0 saturated carbocycles. The summed E-state index contributed by atoms with van der Waals surface area (Å²) in [5.74, 6) is 1.32. The summed E-state index contributed by atoms with van der Waals surface area (Å²) in [7, 11) is 0. The van der Waals surface area contributed by atoms with E-state index in [1.54, 1.807) is 0 Å². The fraction of sp³-hybridized carbons (Fsp3) is 0.500. The maximum absolute atomic E-state index is 12.6. The zero-order chi connectivity index (χ0) is 14.3. The topological polar surface area (TPSA) is 49.4 Å². The van der Waals surface area contributed by atoms with Gasteiger partial charge < -0.3 is 10.2 Å². The van der Waals surface area contributed by atoms with Crippen molar-refractivity contribution >= 4 is 17.5 Å². The molecule has 0 spiro atoms. The number of anilines is 1. The molecule has 1 N–H and O–H groups in total. The molecule has 0 aromatic heterocycles. The summed E-state index contributed by atoms with van der Waals surface area (Å²) in [6.07, 6.45) is 1.45. The van der Waals surface area contributed by atoms with Crippen LogP contribution in [0.3, 0.4) is 0 Å². The van der Waals surface area contributed by atoms with Crippen LogP contribution >= 0.6 is 0 Å². The van der Waals surface area contributed by atoms with Crippen molar-refractivity contribution in [3.8, 4) is 0 Å². The van der Waals surface area contributed by atoms with Crippen LogP contribution in [0.25, 0.3) is 0 Å². The second-order valence-electron chi connectivity index (χ2n) is 6.09. The lowest BCUT2D eigenvalue weighted by molar-refractivity contribution is -0.115. The highest BCUT2D eigenvalue weighted by atomic mass is 16.2. The average Bonchev–Trinajstić information content (AvgIpc) is 2.80. The Balaban J connectivity index is 1.78. The minimum absolute atomic E-state index is 0.00465. The first-order chi connectivity index (χ1) is 9.54. The van der Waals surface area contributed by atoms with E-state index in [-0.39, 0.29) is 11.8 Å². The smallest absolute Gasteiger partial charge is 0.253 e. The Hall–Kier alpha value is -1.84. The van der Waals surface area contributed by atoms with Gasteiger partial charge in [-0.25, -0.2) is 0 Å². The van der Waals surface area contributed by atoms with Crippen molar-refractivity contribution < 1.29 is 9.59 Å². The van der Waals surface area contributed by atoms with Crippen LogP contribution in [0.2, 0.25) is 0 Å². The number of nitrogens with one attached hydrogen (secondary N) is 1. The zero-order valence-corrected chi connectivity index (χ0v) is 12.0. The monoisotopic (exact) mass is 272 g/mol. The summed E-state index contributed by atoms with van der Waals surface area (Å²) in [5, 5.41) is 2.79. The lowest BCUT2D eigenvalue weighted by Crippen LogP contribution is -2.42. The summed E-state index contributed by atoms with van der Waals surface area (Å²) in [6, 6.07) is 5.51. The van der Waals surface area contributed by atoms with Gasteiger partial charge in [0.2, 0.25) is 5.91 Å². The minimum Gasteiger partial charge on any atom is -0.338 e. The lowest BCUT2D eigenvalue weighted by Gasteiger charge is -2.35. The number of nitrogens with zero attached hydrogens (tertiary/aromatic N) is 1. The predicted octanol–water partition coefficient (Wildman–Crippen LogP) is 2.30. The molecule has 106 valence electrons. The van der Waals surface area contributed by atoms with Crippen LogP contribution in [0.4, 0.5) is 5.69 Å². The van der Waals surface area contributed by atoms with Crippen molar-refractivity contribution in [1.82, 2.24) is 4.90 Å². The van der Waals surface area contributed by atoms with Crippen molar-refractivity contribution in [3.63, 3.8) is 0 Å². The van der Waals surface area contributed by atoms with Gasteiger partial charge in [0, 0.05) is 24.3 Å². The number of carbonyl (C=O) groups is 2. The summed E-state index contributed by atoms with van der Waals surface area (Å²) in [5.41, 5.74) is 2.47. The number of amides is 2. The van der Waals surface area contributed by atoms with Gasteiger partial charge in [-0.1, -0.05) is 13.8 Å². The molecular formula is C16H20N2O2. The summed E-state index contributed by atoms with van der Waals surface area (Å²) < 4.78 is 0. The van der Waals surface area contributed by atoms with Gasteiger partial charge in [0.1, 0.15) is 0 Å². The zero-order valence-electron chi connectivity index (χ0n) is 12.0. The Morgan fingerprint density at radius 2 is 2.10 bits per heavy atom. The molecule has 0 bridgehead atoms. The van der Waals surface area contributed by atoms with Crippen molar-refractivity contribution in [3.05, 3.63) is 29.3 Å². The first-order valence-corrected chi connectivity index (χ1v) is 7.26. The average molecular weight is 272 g/mol. The van der Waals surface area contributed by atoms with Crippen LogP contribution < -0.4 is 5.32 Å². The number of carbonyl (C=O) groups excluding carboxylic acids is 2. The number of fused-ring (bicyclic) bond motifs is 1. The number of hydrogen-bond acceptors (Lipinski definition) is 2. The largest absolute Gasteiger partial charge is 0.338 e. The van der Waals surface area contributed by atoms with E-state index >= 15 is 0 Å². The van der Waals surface area contributed by atoms with Gasteiger partial charge in [-0.15, -0.1) is 0 Å². The molecule has 0 aliphatic carbocycles. The molecule has 1 aromatic carbocycles. The lowest BCUT2D eigenvalue weighted by atomic mass is 9.88. The molecule has 2 aliphatic heterocycles. The van der Waals surface area contributed by atoms with Crippen LogP contribution in [-0.4, -0.2) is 29.8 Å². The normalized spacial score (nSPS) is 25.3. The molecular weight excluding hydrogens is 252 g/mol. The summed E-state index contributed by atoms with van der Waals surface area (Å²) in [4.78, 5) is 25.9. The minimum atomic E-state index is 0.00465. The first-order valence-electron chi connectivity index (χ1n) is 7.26. The third-order valence-corrected chi connectivity index (χ3v) is 4.60. The van der Waals surface area contributed by atoms with Crippen molar-refractivity contribution in [2.24, 2.45) is 11.8 Å². The number of hydrogen-bond donors (Lipinski definition) is 1.